The second-order valence-electron chi connectivity index (χ2n) is 4.99. The number of esters is 1. The maximum absolute atomic E-state index is 12.2. The number of nitrogens with zero attached hydrogens (tertiary/aromatic N) is 1. The molecule has 0 saturated heterocycles. The van der Waals surface area contributed by atoms with Crippen molar-refractivity contribution in [2.75, 3.05) is 19.4 Å². The van der Waals surface area contributed by atoms with E-state index in [1.807, 2.05) is 20.8 Å². The van der Waals surface area contributed by atoms with E-state index in [0.29, 0.717) is 0 Å². The van der Waals surface area contributed by atoms with Crippen LogP contribution in [-0.2, 0) is 19.6 Å². The fraction of sp³-hybridized carbons (Fsp3) is 0.750. The molecule has 5 nitrogen and oxygen atoms in total. The molecule has 0 rings (SSSR count). The van der Waals surface area contributed by atoms with Crippen LogP contribution >= 0.6 is 0 Å². The van der Waals surface area contributed by atoms with Crippen molar-refractivity contribution in [1.82, 2.24) is 4.31 Å². The van der Waals surface area contributed by atoms with E-state index in [2.05, 4.69) is 11.3 Å². The van der Waals surface area contributed by atoms with E-state index in [1.165, 1.54) is 11.4 Å². The van der Waals surface area contributed by atoms with Crippen LogP contribution in [-0.4, -0.2) is 43.6 Å². The molecule has 0 aliphatic heterocycles. The van der Waals surface area contributed by atoms with Crippen molar-refractivity contribution in [1.29, 1.82) is 0 Å². The molecule has 0 heterocycles. The zero-order valence-electron chi connectivity index (χ0n) is 11.6. The molecule has 0 N–H and O–H groups in total. The lowest BCUT2D eigenvalue weighted by atomic mass is 10.1. The fourth-order valence-corrected chi connectivity index (χ4v) is 3.43. The monoisotopic (exact) mass is 277 g/mol. The smallest absolute Gasteiger partial charge is 0.305 e. The molecule has 0 aromatic heterocycles. The van der Waals surface area contributed by atoms with Gasteiger partial charge in [-0.25, -0.2) is 8.42 Å². The van der Waals surface area contributed by atoms with Crippen molar-refractivity contribution in [3.8, 4) is 0 Å². The zero-order chi connectivity index (χ0) is 14.4. The van der Waals surface area contributed by atoms with E-state index >= 15 is 0 Å². The van der Waals surface area contributed by atoms with Gasteiger partial charge in [-0.3, -0.25) is 4.79 Å². The minimum atomic E-state index is -3.39. The summed E-state index contributed by atoms with van der Waals surface area (Å²) in [7, 11) is -2.10. The third kappa shape index (κ3) is 5.64. The van der Waals surface area contributed by atoms with Gasteiger partial charge in [0.15, 0.2) is 0 Å². The lowest BCUT2D eigenvalue weighted by Crippen LogP contribution is -2.46. The summed E-state index contributed by atoms with van der Waals surface area (Å²) < 4.78 is 30.2. The highest BCUT2D eigenvalue weighted by Crippen LogP contribution is 2.19. The molecule has 106 valence electrons. The minimum Gasteiger partial charge on any atom is -0.469 e. The molecule has 0 fully saturated rings. The van der Waals surface area contributed by atoms with Gasteiger partial charge in [0, 0.05) is 18.5 Å². The molecule has 0 unspecified atom stereocenters. The van der Waals surface area contributed by atoms with Crippen molar-refractivity contribution in [3.05, 3.63) is 12.7 Å². The van der Waals surface area contributed by atoms with E-state index in [9.17, 15) is 13.2 Å². The Morgan fingerprint density at radius 3 is 2.33 bits per heavy atom. The standard InChI is InChI=1S/C12H23NO4S/c1-6-9-13(12(2,3)4)18(15,16)10-7-8-11(14)17-5/h6H,1,7-10H2,2-5H3. The number of sulfonamides is 1. The van der Waals surface area contributed by atoms with Crippen LogP contribution in [0.15, 0.2) is 12.7 Å². The number of carbonyl (C=O) groups excluding carboxylic acids is 1. The summed E-state index contributed by atoms with van der Waals surface area (Å²) in [6.45, 7) is 9.32. The molecule has 0 radical (unpaired) electrons. The summed E-state index contributed by atoms with van der Waals surface area (Å²) in [6, 6.07) is 0. The SMILES string of the molecule is C=CCN(C(C)(C)C)S(=O)(=O)CCCC(=O)OC. The number of hydrogen-bond donors (Lipinski definition) is 0. The first-order valence-electron chi connectivity index (χ1n) is 5.83. The molecule has 6 heteroatoms. The van der Waals surface area contributed by atoms with Crippen LogP contribution in [0.5, 0.6) is 0 Å². The van der Waals surface area contributed by atoms with Gasteiger partial charge in [0.2, 0.25) is 10.0 Å². The predicted molar refractivity (Wildman–Crippen MR) is 71.7 cm³/mol. The summed E-state index contributed by atoms with van der Waals surface area (Å²) in [4.78, 5) is 10.9. The van der Waals surface area contributed by atoms with E-state index < -0.39 is 21.5 Å². The van der Waals surface area contributed by atoms with Crippen LogP contribution in [0.2, 0.25) is 0 Å². The molecule has 18 heavy (non-hydrogen) atoms. The molecular formula is C12H23NO4S. The van der Waals surface area contributed by atoms with Crippen molar-refractivity contribution >= 4 is 16.0 Å². The lowest BCUT2D eigenvalue weighted by Gasteiger charge is -2.33. The maximum Gasteiger partial charge on any atom is 0.305 e. The van der Waals surface area contributed by atoms with Crippen LogP contribution in [0.4, 0.5) is 0 Å². The Morgan fingerprint density at radius 2 is 1.94 bits per heavy atom. The van der Waals surface area contributed by atoms with E-state index in [0.717, 1.165) is 0 Å². The highest BCUT2D eigenvalue weighted by molar-refractivity contribution is 7.89. The predicted octanol–water partition coefficient (Wildman–Crippen LogP) is 1.56. The van der Waals surface area contributed by atoms with Gasteiger partial charge in [-0.15, -0.1) is 6.58 Å². The molecule has 0 atom stereocenters. The molecule has 0 amide bonds. The molecule has 0 saturated carbocycles. The third-order valence-corrected chi connectivity index (χ3v) is 4.56. The van der Waals surface area contributed by atoms with Crippen LogP contribution in [0, 0.1) is 0 Å². The van der Waals surface area contributed by atoms with Gasteiger partial charge < -0.3 is 4.74 Å². The molecular weight excluding hydrogens is 254 g/mol. The summed E-state index contributed by atoms with van der Waals surface area (Å²) in [5, 5.41) is 0. The largest absolute Gasteiger partial charge is 0.469 e. The summed E-state index contributed by atoms with van der Waals surface area (Å²) in [6.07, 6.45) is 1.93. The Labute approximate surface area is 110 Å². The molecule has 0 aromatic rings. The Balaban J connectivity index is 4.67. The van der Waals surface area contributed by atoms with Gasteiger partial charge in [-0.2, -0.15) is 4.31 Å². The van der Waals surface area contributed by atoms with E-state index in [4.69, 9.17) is 0 Å². The number of hydrogen-bond acceptors (Lipinski definition) is 4. The first-order valence-corrected chi connectivity index (χ1v) is 7.44. The van der Waals surface area contributed by atoms with Gasteiger partial charge >= 0.3 is 5.97 Å². The van der Waals surface area contributed by atoms with Crippen LogP contribution in [0.3, 0.4) is 0 Å². The lowest BCUT2D eigenvalue weighted by molar-refractivity contribution is -0.140. The van der Waals surface area contributed by atoms with Crippen molar-refractivity contribution in [2.24, 2.45) is 0 Å². The van der Waals surface area contributed by atoms with Gasteiger partial charge in [-0.1, -0.05) is 6.08 Å². The second-order valence-corrected chi connectivity index (χ2v) is 7.00. The average Bonchev–Trinajstić information content (AvgIpc) is 2.23. The van der Waals surface area contributed by atoms with Gasteiger partial charge in [0.25, 0.3) is 0 Å². The third-order valence-electron chi connectivity index (χ3n) is 2.39. The van der Waals surface area contributed by atoms with Crippen molar-refractivity contribution in [3.63, 3.8) is 0 Å². The molecule has 0 aliphatic rings. The fourth-order valence-electron chi connectivity index (χ4n) is 1.53. The van der Waals surface area contributed by atoms with Gasteiger partial charge in [0.05, 0.1) is 12.9 Å². The summed E-state index contributed by atoms with van der Waals surface area (Å²) in [5.41, 5.74) is -0.502. The topological polar surface area (TPSA) is 63.7 Å². The Hall–Kier alpha value is -0.880. The highest BCUT2D eigenvalue weighted by Gasteiger charge is 2.31. The molecule has 0 bridgehead atoms. The van der Waals surface area contributed by atoms with Crippen molar-refractivity contribution < 1.29 is 17.9 Å². The van der Waals surface area contributed by atoms with Crippen LogP contribution in [0.25, 0.3) is 0 Å². The molecule has 0 aliphatic carbocycles. The van der Waals surface area contributed by atoms with Crippen molar-refractivity contribution in [2.45, 2.75) is 39.2 Å². The minimum absolute atomic E-state index is 0.0623. The first-order chi connectivity index (χ1) is 8.15. The highest BCUT2D eigenvalue weighted by atomic mass is 32.2. The quantitative estimate of drug-likeness (QED) is 0.523. The Kier molecular flexibility index (Phi) is 6.56. The number of carbonyl (C=O) groups is 1. The zero-order valence-corrected chi connectivity index (χ0v) is 12.4. The Morgan fingerprint density at radius 1 is 1.39 bits per heavy atom. The second kappa shape index (κ2) is 6.89. The van der Waals surface area contributed by atoms with Crippen LogP contribution in [0.1, 0.15) is 33.6 Å². The number of ether oxygens (including phenoxy) is 1. The average molecular weight is 277 g/mol. The summed E-state index contributed by atoms with van der Waals surface area (Å²) >= 11 is 0. The maximum atomic E-state index is 12.2. The van der Waals surface area contributed by atoms with E-state index in [1.54, 1.807) is 6.08 Å². The van der Waals surface area contributed by atoms with Gasteiger partial charge in [-0.05, 0) is 27.2 Å². The number of methoxy groups -OCH3 is 1. The normalized spacial score (nSPS) is 12.5. The summed E-state index contributed by atoms with van der Waals surface area (Å²) in [5.74, 6) is -0.455. The molecule has 0 aromatic carbocycles. The van der Waals surface area contributed by atoms with Crippen LogP contribution < -0.4 is 0 Å². The van der Waals surface area contributed by atoms with Gasteiger partial charge in [0.1, 0.15) is 0 Å². The van der Waals surface area contributed by atoms with E-state index in [-0.39, 0.29) is 25.1 Å². The molecule has 0 spiro atoms. The Bertz CT molecular complexity index is 381. The first kappa shape index (κ1) is 17.1. The number of rotatable bonds is 7.